The molecule has 92 valence electrons. The van der Waals surface area contributed by atoms with Crippen molar-refractivity contribution in [3.63, 3.8) is 0 Å². The number of amides is 1. The summed E-state index contributed by atoms with van der Waals surface area (Å²) in [7, 11) is 1.62. The third kappa shape index (κ3) is 3.21. The van der Waals surface area contributed by atoms with Crippen molar-refractivity contribution in [1.82, 2.24) is 4.90 Å². The standard InChI is InChI=1S/C12H15NO4/c1-8(9(2)12(15)16)11(14)13(3)6-10-4-5-17-7-10/h4-5,7H,6H2,1-3H3,(H,15,16). The van der Waals surface area contributed by atoms with Gasteiger partial charge in [0.05, 0.1) is 12.5 Å². The Bertz CT molecular complexity index is 445. The predicted molar refractivity (Wildman–Crippen MR) is 61.2 cm³/mol. The molecule has 5 heteroatoms. The van der Waals surface area contributed by atoms with Crippen molar-refractivity contribution >= 4 is 11.9 Å². The second kappa shape index (κ2) is 5.34. The molecular weight excluding hydrogens is 222 g/mol. The average molecular weight is 237 g/mol. The van der Waals surface area contributed by atoms with Gasteiger partial charge in [-0.25, -0.2) is 4.79 Å². The number of hydrogen-bond acceptors (Lipinski definition) is 3. The second-order valence-corrected chi connectivity index (χ2v) is 3.85. The molecule has 0 spiro atoms. The number of nitrogens with zero attached hydrogens (tertiary/aromatic N) is 1. The maximum atomic E-state index is 11.9. The van der Waals surface area contributed by atoms with Gasteiger partial charge >= 0.3 is 5.97 Å². The Morgan fingerprint density at radius 1 is 1.35 bits per heavy atom. The summed E-state index contributed by atoms with van der Waals surface area (Å²) in [6, 6.07) is 1.76. The summed E-state index contributed by atoms with van der Waals surface area (Å²) < 4.78 is 4.90. The Kier molecular flexibility index (Phi) is 4.09. The summed E-state index contributed by atoms with van der Waals surface area (Å²) in [5, 5.41) is 8.80. The summed E-state index contributed by atoms with van der Waals surface area (Å²) in [5.74, 6) is -1.38. The molecule has 0 saturated heterocycles. The zero-order chi connectivity index (χ0) is 13.0. The van der Waals surface area contributed by atoms with E-state index in [9.17, 15) is 9.59 Å². The van der Waals surface area contributed by atoms with Crippen molar-refractivity contribution in [1.29, 1.82) is 0 Å². The Balaban J connectivity index is 2.77. The molecule has 0 bridgehead atoms. The van der Waals surface area contributed by atoms with E-state index in [0.29, 0.717) is 6.54 Å². The number of carboxylic acids is 1. The van der Waals surface area contributed by atoms with Crippen molar-refractivity contribution in [2.75, 3.05) is 7.05 Å². The third-order valence-electron chi connectivity index (χ3n) is 2.55. The van der Waals surface area contributed by atoms with Crippen LogP contribution < -0.4 is 0 Å². The molecule has 1 rings (SSSR count). The first-order valence-electron chi connectivity index (χ1n) is 5.10. The molecule has 0 aliphatic carbocycles. The summed E-state index contributed by atoms with van der Waals surface area (Å²) in [4.78, 5) is 24.1. The zero-order valence-corrected chi connectivity index (χ0v) is 10.1. The summed E-state index contributed by atoms with van der Waals surface area (Å²) >= 11 is 0. The Labute approximate surface area is 99.3 Å². The van der Waals surface area contributed by atoms with Crippen LogP contribution in [0.25, 0.3) is 0 Å². The van der Waals surface area contributed by atoms with E-state index in [1.54, 1.807) is 19.4 Å². The monoisotopic (exact) mass is 237 g/mol. The lowest BCUT2D eigenvalue weighted by atomic mass is 10.1. The number of rotatable bonds is 4. The summed E-state index contributed by atoms with van der Waals surface area (Å²) in [6.07, 6.45) is 3.08. The number of likely N-dealkylation sites (N-methyl/N-ethyl adjacent to an activating group) is 1. The molecule has 0 aliphatic rings. The van der Waals surface area contributed by atoms with Crippen LogP contribution >= 0.6 is 0 Å². The fourth-order valence-electron chi connectivity index (χ4n) is 1.34. The smallest absolute Gasteiger partial charge is 0.331 e. The topological polar surface area (TPSA) is 70.8 Å². The number of carbonyl (C=O) groups excluding carboxylic acids is 1. The first kappa shape index (κ1) is 13.0. The molecule has 1 amide bonds. The minimum Gasteiger partial charge on any atom is -0.478 e. The summed E-state index contributed by atoms with van der Waals surface area (Å²) in [6.45, 7) is 3.32. The zero-order valence-electron chi connectivity index (χ0n) is 10.1. The Morgan fingerprint density at radius 2 is 2.00 bits per heavy atom. The maximum Gasteiger partial charge on any atom is 0.331 e. The van der Waals surface area contributed by atoms with Gasteiger partial charge in [0, 0.05) is 30.3 Å². The molecule has 17 heavy (non-hydrogen) atoms. The van der Waals surface area contributed by atoms with E-state index in [2.05, 4.69) is 0 Å². The number of aliphatic carboxylic acids is 1. The van der Waals surface area contributed by atoms with Gasteiger partial charge in [0.25, 0.3) is 0 Å². The predicted octanol–water partition coefficient (Wildman–Crippen LogP) is 1.66. The van der Waals surface area contributed by atoms with Gasteiger partial charge in [-0.1, -0.05) is 0 Å². The first-order chi connectivity index (χ1) is 7.93. The van der Waals surface area contributed by atoms with Crippen LogP contribution in [-0.2, 0) is 16.1 Å². The van der Waals surface area contributed by atoms with Crippen LogP contribution in [-0.4, -0.2) is 28.9 Å². The second-order valence-electron chi connectivity index (χ2n) is 3.85. The largest absolute Gasteiger partial charge is 0.478 e. The fourth-order valence-corrected chi connectivity index (χ4v) is 1.34. The molecule has 0 radical (unpaired) electrons. The van der Waals surface area contributed by atoms with Gasteiger partial charge in [-0.3, -0.25) is 4.79 Å². The first-order valence-corrected chi connectivity index (χ1v) is 5.10. The third-order valence-corrected chi connectivity index (χ3v) is 2.55. The maximum absolute atomic E-state index is 11.9. The van der Waals surface area contributed by atoms with Gasteiger partial charge in [-0.05, 0) is 19.9 Å². The minimum atomic E-state index is -1.08. The number of furan rings is 1. The molecule has 5 nitrogen and oxygen atoms in total. The van der Waals surface area contributed by atoms with Gasteiger partial charge < -0.3 is 14.4 Å². The van der Waals surface area contributed by atoms with Crippen LogP contribution in [0.15, 0.2) is 34.2 Å². The lowest BCUT2D eigenvalue weighted by molar-refractivity contribution is -0.133. The van der Waals surface area contributed by atoms with E-state index >= 15 is 0 Å². The number of hydrogen-bond donors (Lipinski definition) is 1. The Morgan fingerprint density at radius 3 is 2.47 bits per heavy atom. The minimum absolute atomic E-state index is 0.0639. The lowest BCUT2D eigenvalue weighted by Gasteiger charge is -2.17. The van der Waals surface area contributed by atoms with Gasteiger partial charge in [0.15, 0.2) is 0 Å². The van der Waals surface area contributed by atoms with E-state index in [-0.39, 0.29) is 17.1 Å². The lowest BCUT2D eigenvalue weighted by Crippen LogP contribution is -2.27. The van der Waals surface area contributed by atoms with Gasteiger partial charge in [0.1, 0.15) is 0 Å². The molecule has 1 heterocycles. The van der Waals surface area contributed by atoms with Crippen LogP contribution in [0.2, 0.25) is 0 Å². The van der Waals surface area contributed by atoms with E-state index in [1.165, 1.54) is 25.0 Å². The number of carbonyl (C=O) groups is 2. The van der Waals surface area contributed by atoms with E-state index in [0.717, 1.165) is 5.56 Å². The highest BCUT2D eigenvalue weighted by Gasteiger charge is 2.16. The molecule has 0 unspecified atom stereocenters. The van der Waals surface area contributed by atoms with Crippen molar-refractivity contribution in [3.8, 4) is 0 Å². The van der Waals surface area contributed by atoms with E-state index in [1.807, 2.05) is 0 Å². The molecule has 1 aromatic heterocycles. The van der Waals surface area contributed by atoms with Crippen LogP contribution in [0.5, 0.6) is 0 Å². The van der Waals surface area contributed by atoms with Gasteiger partial charge in [-0.15, -0.1) is 0 Å². The van der Waals surface area contributed by atoms with Crippen molar-refractivity contribution in [2.24, 2.45) is 0 Å². The molecule has 1 N–H and O–H groups in total. The quantitative estimate of drug-likeness (QED) is 0.808. The summed E-state index contributed by atoms with van der Waals surface area (Å²) in [5.41, 5.74) is 1.17. The highest BCUT2D eigenvalue weighted by atomic mass is 16.4. The normalized spacial score (nSPS) is 11.9. The van der Waals surface area contributed by atoms with Crippen LogP contribution in [0.4, 0.5) is 0 Å². The fraction of sp³-hybridized carbons (Fsp3) is 0.333. The van der Waals surface area contributed by atoms with Gasteiger partial charge in [-0.2, -0.15) is 0 Å². The van der Waals surface area contributed by atoms with Crippen LogP contribution in [0.1, 0.15) is 19.4 Å². The molecule has 0 aromatic carbocycles. The number of carboxylic acid groups (broad SMARTS) is 1. The van der Waals surface area contributed by atoms with Crippen LogP contribution in [0, 0.1) is 0 Å². The van der Waals surface area contributed by atoms with Crippen LogP contribution in [0.3, 0.4) is 0 Å². The molecule has 0 atom stereocenters. The van der Waals surface area contributed by atoms with Crippen molar-refractivity contribution in [2.45, 2.75) is 20.4 Å². The average Bonchev–Trinajstić information content (AvgIpc) is 2.78. The van der Waals surface area contributed by atoms with Crippen molar-refractivity contribution < 1.29 is 19.1 Å². The molecule has 0 fully saturated rings. The van der Waals surface area contributed by atoms with E-state index in [4.69, 9.17) is 9.52 Å². The highest BCUT2D eigenvalue weighted by Crippen LogP contribution is 2.10. The highest BCUT2D eigenvalue weighted by molar-refractivity contribution is 6.01. The van der Waals surface area contributed by atoms with Crippen molar-refractivity contribution in [3.05, 3.63) is 35.3 Å². The Hall–Kier alpha value is -2.04. The van der Waals surface area contributed by atoms with Gasteiger partial charge in [0.2, 0.25) is 5.91 Å². The molecular formula is C12H15NO4. The SMILES string of the molecule is CC(C(=O)O)=C(C)C(=O)N(C)Cc1ccoc1. The van der Waals surface area contributed by atoms with E-state index < -0.39 is 5.97 Å². The molecule has 0 saturated carbocycles. The molecule has 0 aliphatic heterocycles. The molecule has 1 aromatic rings.